The van der Waals surface area contributed by atoms with Gasteiger partial charge in [-0.15, -0.1) is 0 Å². The lowest BCUT2D eigenvalue weighted by Gasteiger charge is -2.06. The molecule has 0 aliphatic carbocycles. The Bertz CT molecular complexity index is 841. The second-order valence-corrected chi connectivity index (χ2v) is 4.95. The molecule has 4 heteroatoms. The van der Waals surface area contributed by atoms with Gasteiger partial charge in [-0.3, -0.25) is 4.79 Å². The van der Waals surface area contributed by atoms with E-state index in [0.29, 0.717) is 22.8 Å². The molecule has 3 rings (SSSR count). The highest BCUT2D eigenvalue weighted by Gasteiger charge is 2.10. The van der Waals surface area contributed by atoms with Gasteiger partial charge in [-0.25, -0.2) is 0 Å². The van der Waals surface area contributed by atoms with Crippen LogP contribution in [-0.2, 0) is 0 Å². The summed E-state index contributed by atoms with van der Waals surface area (Å²) in [4.78, 5) is 12.3. The zero-order valence-electron chi connectivity index (χ0n) is 12.9. The van der Waals surface area contributed by atoms with Crippen LogP contribution in [0, 0.1) is 0 Å². The number of carbonyl (C=O) groups is 1. The van der Waals surface area contributed by atoms with Crippen molar-refractivity contribution in [2.45, 2.75) is 0 Å². The van der Waals surface area contributed by atoms with Crippen molar-refractivity contribution in [3.05, 3.63) is 65.9 Å². The van der Waals surface area contributed by atoms with Crippen molar-refractivity contribution in [1.29, 1.82) is 0 Å². The first-order chi connectivity index (χ1) is 11.2. The Labute approximate surface area is 133 Å². The van der Waals surface area contributed by atoms with Crippen LogP contribution in [0.2, 0.25) is 0 Å². The Balaban J connectivity index is 1.88. The number of ketones is 1. The van der Waals surface area contributed by atoms with Crippen LogP contribution in [0.15, 0.2) is 59.0 Å². The van der Waals surface area contributed by atoms with E-state index in [9.17, 15) is 4.79 Å². The summed E-state index contributed by atoms with van der Waals surface area (Å²) in [5, 5.41) is 0.906. The molecule has 0 radical (unpaired) electrons. The van der Waals surface area contributed by atoms with Crippen LogP contribution in [0.1, 0.15) is 16.1 Å². The van der Waals surface area contributed by atoms with Crippen LogP contribution < -0.4 is 9.47 Å². The van der Waals surface area contributed by atoms with E-state index in [2.05, 4.69) is 0 Å². The van der Waals surface area contributed by atoms with E-state index >= 15 is 0 Å². The Morgan fingerprint density at radius 3 is 2.61 bits per heavy atom. The Kier molecular flexibility index (Phi) is 4.15. The lowest BCUT2D eigenvalue weighted by molar-refractivity contribution is 0.102. The maximum Gasteiger partial charge on any atom is 0.221 e. The van der Waals surface area contributed by atoms with Crippen molar-refractivity contribution in [2.24, 2.45) is 0 Å². The molecule has 0 atom stereocenters. The van der Waals surface area contributed by atoms with Crippen molar-refractivity contribution in [2.75, 3.05) is 14.2 Å². The molecule has 0 unspecified atom stereocenters. The minimum atomic E-state index is -0.203. The molecule has 0 N–H and O–H groups in total. The molecule has 4 nitrogen and oxygen atoms in total. The number of hydrogen-bond donors (Lipinski definition) is 0. The number of benzene rings is 2. The molecule has 0 bridgehead atoms. The van der Waals surface area contributed by atoms with Gasteiger partial charge >= 0.3 is 0 Å². The number of para-hydroxylation sites is 1. The highest BCUT2D eigenvalue weighted by atomic mass is 16.5. The Morgan fingerprint density at radius 2 is 1.87 bits per heavy atom. The van der Waals surface area contributed by atoms with Gasteiger partial charge in [-0.05, 0) is 42.5 Å². The first-order valence-corrected chi connectivity index (χ1v) is 7.14. The molecular weight excluding hydrogens is 292 g/mol. The molecule has 2 aromatic carbocycles. The Morgan fingerprint density at radius 1 is 1.04 bits per heavy atom. The Hall–Kier alpha value is -3.01. The number of allylic oxidation sites excluding steroid dienone is 1. The normalized spacial score (nSPS) is 11.0. The van der Waals surface area contributed by atoms with Gasteiger partial charge in [0.05, 0.1) is 14.2 Å². The van der Waals surface area contributed by atoms with Crippen LogP contribution in [0.5, 0.6) is 11.5 Å². The third-order valence-corrected chi connectivity index (χ3v) is 3.52. The highest BCUT2D eigenvalue weighted by molar-refractivity contribution is 6.07. The van der Waals surface area contributed by atoms with Gasteiger partial charge in [0.25, 0.3) is 0 Å². The summed E-state index contributed by atoms with van der Waals surface area (Å²) in [5.41, 5.74) is 1.46. The number of furan rings is 1. The van der Waals surface area contributed by atoms with E-state index in [1.165, 1.54) is 6.08 Å². The fraction of sp³-hybridized carbons (Fsp3) is 0.105. The van der Waals surface area contributed by atoms with Crippen molar-refractivity contribution in [3.8, 4) is 11.5 Å². The number of carbonyl (C=O) groups excluding carboxylic acids is 1. The minimum Gasteiger partial charge on any atom is -0.497 e. The van der Waals surface area contributed by atoms with E-state index in [4.69, 9.17) is 13.9 Å². The van der Waals surface area contributed by atoms with Gasteiger partial charge < -0.3 is 13.9 Å². The average Bonchev–Trinajstić information content (AvgIpc) is 3.03. The van der Waals surface area contributed by atoms with E-state index in [0.717, 1.165) is 10.9 Å². The maximum absolute atomic E-state index is 12.3. The van der Waals surface area contributed by atoms with E-state index in [-0.39, 0.29) is 5.78 Å². The second kappa shape index (κ2) is 6.40. The van der Waals surface area contributed by atoms with Crippen LogP contribution in [0.3, 0.4) is 0 Å². The fourth-order valence-corrected chi connectivity index (χ4v) is 2.32. The van der Waals surface area contributed by atoms with Gasteiger partial charge in [0.2, 0.25) is 5.78 Å². The number of hydrogen-bond acceptors (Lipinski definition) is 4. The topological polar surface area (TPSA) is 48.7 Å². The average molecular weight is 308 g/mol. The highest BCUT2D eigenvalue weighted by Crippen LogP contribution is 2.25. The molecule has 0 saturated heterocycles. The molecule has 116 valence electrons. The van der Waals surface area contributed by atoms with Crippen LogP contribution in [-0.4, -0.2) is 20.0 Å². The quantitative estimate of drug-likeness (QED) is 0.519. The van der Waals surface area contributed by atoms with Crippen molar-refractivity contribution in [3.63, 3.8) is 0 Å². The van der Waals surface area contributed by atoms with Crippen LogP contribution >= 0.6 is 0 Å². The summed E-state index contributed by atoms with van der Waals surface area (Å²) >= 11 is 0. The monoisotopic (exact) mass is 308 g/mol. The van der Waals surface area contributed by atoms with Crippen molar-refractivity contribution >= 4 is 22.8 Å². The van der Waals surface area contributed by atoms with E-state index in [1.807, 2.05) is 24.3 Å². The SMILES string of the molecule is COc1ccc(OC)c(C=CC(=O)c2cc3ccccc3o2)c1. The van der Waals surface area contributed by atoms with Gasteiger partial charge in [0, 0.05) is 10.9 Å². The van der Waals surface area contributed by atoms with Crippen LogP contribution in [0.4, 0.5) is 0 Å². The first-order valence-electron chi connectivity index (χ1n) is 7.14. The maximum atomic E-state index is 12.3. The minimum absolute atomic E-state index is 0.203. The third-order valence-electron chi connectivity index (χ3n) is 3.52. The molecule has 0 amide bonds. The third kappa shape index (κ3) is 3.11. The van der Waals surface area contributed by atoms with Crippen molar-refractivity contribution < 1.29 is 18.7 Å². The largest absolute Gasteiger partial charge is 0.497 e. The molecule has 0 aliphatic rings. The number of methoxy groups -OCH3 is 2. The molecule has 23 heavy (non-hydrogen) atoms. The summed E-state index contributed by atoms with van der Waals surface area (Å²) in [6.07, 6.45) is 3.16. The van der Waals surface area contributed by atoms with Gasteiger partial charge in [0.1, 0.15) is 17.1 Å². The van der Waals surface area contributed by atoms with Gasteiger partial charge in [-0.1, -0.05) is 18.2 Å². The summed E-state index contributed by atoms with van der Waals surface area (Å²) in [5.74, 6) is 1.47. The lowest BCUT2D eigenvalue weighted by atomic mass is 10.1. The summed E-state index contributed by atoms with van der Waals surface area (Å²) in [7, 11) is 3.18. The molecule has 0 fully saturated rings. The van der Waals surface area contributed by atoms with Crippen molar-refractivity contribution in [1.82, 2.24) is 0 Å². The van der Waals surface area contributed by atoms with Gasteiger partial charge in [0.15, 0.2) is 5.76 Å². The number of ether oxygens (including phenoxy) is 2. The zero-order chi connectivity index (χ0) is 16.2. The molecule has 0 aliphatic heterocycles. The van der Waals surface area contributed by atoms with E-state index in [1.54, 1.807) is 44.6 Å². The van der Waals surface area contributed by atoms with Gasteiger partial charge in [-0.2, -0.15) is 0 Å². The lowest BCUT2D eigenvalue weighted by Crippen LogP contribution is -1.92. The summed E-state index contributed by atoms with van der Waals surface area (Å²) in [6, 6.07) is 14.7. The molecule has 1 aromatic heterocycles. The summed E-state index contributed by atoms with van der Waals surface area (Å²) < 4.78 is 16.0. The molecule has 3 aromatic rings. The smallest absolute Gasteiger partial charge is 0.221 e. The molecular formula is C19H16O4. The molecule has 1 heterocycles. The summed E-state index contributed by atoms with van der Waals surface area (Å²) in [6.45, 7) is 0. The standard InChI is InChI=1S/C19H16O4/c1-21-15-8-10-17(22-2)14(11-15)7-9-16(20)19-12-13-5-3-4-6-18(13)23-19/h3-12H,1-2H3. The number of fused-ring (bicyclic) bond motifs is 1. The molecule has 0 saturated carbocycles. The fourth-order valence-electron chi connectivity index (χ4n) is 2.32. The molecule has 0 spiro atoms. The van der Waals surface area contributed by atoms with E-state index < -0.39 is 0 Å². The zero-order valence-corrected chi connectivity index (χ0v) is 12.9. The first kappa shape index (κ1) is 14.9. The predicted molar refractivity (Wildman–Crippen MR) is 89.1 cm³/mol. The number of rotatable bonds is 5. The predicted octanol–water partition coefficient (Wildman–Crippen LogP) is 4.35. The van der Waals surface area contributed by atoms with Crippen LogP contribution in [0.25, 0.3) is 17.0 Å². The second-order valence-electron chi connectivity index (χ2n) is 4.95.